The van der Waals surface area contributed by atoms with Crippen molar-refractivity contribution in [3.05, 3.63) is 58.4 Å². The van der Waals surface area contributed by atoms with Gasteiger partial charge in [0.25, 0.3) is 5.69 Å². The molecule has 0 saturated heterocycles. The quantitative estimate of drug-likeness (QED) is 0.629. The summed E-state index contributed by atoms with van der Waals surface area (Å²) in [6.45, 7) is 0. The number of hydrogen-bond acceptors (Lipinski definition) is 5. The Morgan fingerprint density at radius 2 is 1.95 bits per heavy atom. The molecule has 1 aliphatic rings. The third kappa shape index (κ3) is 2.44. The molecule has 3 rings (SSSR count). The molecule has 2 aromatic rings. The van der Waals surface area contributed by atoms with Gasteiger partial charge in [-0.05, 0) is 23.8 Å². The van der Waals surface area contributed by atoms with E-state index in [9.17, 15) is 14.9 Å². The lowest BCUT2D eigenvalue weighted by Gasteiger charge is -2.16. The maximum Gasteiger partial charge on any atom is 0.271 e. The van der Waals surface area contributed by atoms with Crippen LogP contribution in [-0.4, -0.2) is 28.6 Å². The number of aliphatic imine (C=N–C) groups is 1. The molecule has 0 aliphatic carbocycles. The first-order valence-corrected chi connectivity index (χ1v) is 6.59. The average Bonchev–Trinajstić information content (AvgIpc) is 2.65. The number of nitro benzene ring substituents is 1. The first kappa shape index (κ1) is 13.9. The summed E-state index contributed by atoms with van der Waals surface area (Å²) in [5, 5.41) is 10.9. The van der Waals surface area contributed by atoms with Gasteiger partial charge in [-0.15, -0.1) is 0 Å². The molecular formula is C15H12N4O3. The highest BCUT2D eigenvalue weighted by Crippen LogP contribution is 2.35. The van der Waals surface area contributed by atoms with Gasteiger partial charge < -0.3 is 4.90 Å². The zero-order chi connectivity index (χ0) is 15.7. The highest BCUT2D eigenvalue weighted by atomic mass is 16.6. The van der Waals surface area contributed by atoms with Crippen molar-refractivity contribution in [1.82, 2.24) is 4.98 Å². The molecule has 2 heterocycles. The molecule has 7 heteroatoms. The van der Waals surface area contributed by atoms with Gasteiger partial charge in [-0.25, -0.2) is 4.99 Å². The van der Waals surface area contributed by atoms with E-state index in [4.69, 9.17) is 0 Å². The van der Waals surface area contributed by atoms with Gasteiger partial charge in [-0.1, -0.05) is 0 Å². The van der Waals surface area contributed by atoms with Crippen LogP contribution in [0.1, 0.15) is 12.0 Å². The van der Waals surface area contributed by atoms with E-state index >= 15 is 0 Å². The molecule has 0 unspecified atom stereocenters. The minimum absolute atomic E-state index is 0.0562. The van der Waals surface area contributed by atoms with Crippen molar-refractivity contribution < 1.29 is 9.72 Å². The molecule has 1 aliphatic heterocycles. The van der Waals surface area contributed by atoms with Crippen molar-refractivity contribution in [2.45, 2.75) is 6.42 Å². The van der Waals surface area contributed by atoms with Gasteiger partial charge in [0.2, 0.25) is 5.91 Å². The van der Waals surface area contributed by atoms with Gasteiger partial charge in [0.1, 0.15) is 0 Å². The third-order valence-electron chi connectivity index (χ3n) is 3.49. The van der Waals surface area contributed by atoms with Crippen LogP contribution in [0.2, 0.25) is 0 Å². The molecule has 7 nitrogen and oxygen atoms in total. The van der Waals surface area contributed by atoms with Gasteiger partial charge in [-0.2, -0.15) is 0 Å². The molecule has 0 saturated carbocycles. The van der Waals surface area contributed by atoms with Crippen LogP contribution in [0.4, 0.5) is 17.1 Å². The van der Waals surface area contributed by atoms with Crippen LogP contribution < -0.4 is 4.90 Å². The van der Waals surface area contributed by atoms with E-state index in [2.05, 4.69) is 9.98 Å². The van der Waals surface area contributed by atoms with E-state index in [1.807, 2.05) is 0 Å². The van der Waals surface area contributed by atoms with Crippen LogP contribution in [0.5, 0.6) is 0 Å². The van der Waals surface area contributed by atoms with Gasteiger partial charge >= 0.3 is 0 Å². The molecule has 0 bridgehead atoms. The van der Waals surface area contributed by atoms with E-state index in [1.54, 1.807) is 37.6 Å². The molecular weight excluding hydrogens is 284 g/mol. The van der Waals surface area contributed by atoms with Crippen molar-refractivity contribution in [3.63, 3.8) is 0 Å². The smallest absolute Gasteiger partial charge is 0.271 e. The molecule has 0 spiro atoms. The van der Waals surface area contributed by atoms with E-state index in [0.717, 1.165) is 5.56 Å². The molecule has 0 N–H and O–H groups in total. The van der Waals surface area contributed by atoms with Crippen LogP contribution in [0.25, 0.3) is 0 Å². The number of amides is 1. The largest absolute Gasteiger partial charge is 0.313 e. The van der Waals surface area contributed by atoms with Crippen LogP contribution in [-0.2, 0) is 4.79 Å². The van der Waals surface area contributed by atoms with Crippen molar-refractivity contribution in [2.75, 3.05) is 11.9 Å². The summed E-state index contributed by atoms with van der Waals surface area (Å²) in [4.78, 5) is 32.6. The van der Waals surface area contributed by atoms with Crippen molar-refractivity contribution in [1.29, 1.82) is 0 Å². The fourth-order valence-electron chi connectivity index (χ4n) is 2.29. The Hall–Kier alpha value is -3.09. The number of rotatable bonds is 2. The highest BCUT2D eigenvalue weighted by Gasteiger charge is 2.23. The summed E-state index contributed by atoms with van der Waals surface area (Å²) in [7, 11) is 1.64. The van der Waals surface area contributed by atoms with Crippen LogP contribution in [0.15, 0.2) is 47.7 Å². The zero-order valence-electron chi connectivity index (χ0n) is 11.8. The fraction of sp³-hybridized carbons (Fsp3) is 0.133. The van der Waals surface area contributed by atoms with Crippen LogP contribution in [0.3, 0.4) is 0 Å². The summed E-state index contributed by atoms with van der Waals surface area (Å²) in [6, 6.07) is 7.81. The molecule has 22 heavy (non-hydrogen) atoms. The maximum absolute atomic E-state index is 12.3. The number of fused-ring (bicyclic) bond motifs is 1. The lowest BCUT2D eigenvalue weighted by molar-refractivity contribution is -0.384. The summed E-state index contributed by atoms with van der Waals surface area (Å²) in [5.41, 5.74) is 2.25. The summed E-state index contributed by atoms with van der Waals surface area (Å²) < 4.78 is 0. The van der Waals surface area contributed by atoms with E-state index < -0.39 is 4.92 Å². The number of non-ortho nitro benzene ring substituents is 1. The Morgan fingerprint density at radius 3 is 2.64 bits per heavy atom. The average molecular weight is 296 g/mol. The van der Waals surface area contributed by atoms with E-state index in [0.29, 0.717) is 17.1 Å². The Morgan fingerprint density at radius 1 is 1.23 bits per heavy atom. The molecule has 0 fully saturated rings. The van der Waals surface area contributed by atoms with Crippen molar-refractivity contribution in [2.24, 2.45) is 4.99 Å². The number of carbonyl (C=O) groups excluding carboxylic acids is 1. The number of hydrogen-bond donors (Lipinski definition) is 0. The predicted molar refractivity (Wildman–Crippen MR) is 81.6 cm³/mol. The van der Waals surface area contributed by atoms with Crippen molar-refractivity contribution >= 4 is 28.7 Å². The van der Waals surface area contributed by atoms with Gasteiger partial charge in [-0.3, -0.25) is 19.9 Å². The summed E-state index contributed by atoms with van der Waals surface area (Å²) in [5.74, 6) is -0.122. The number of nitrogens with zero attached hydrogens (tertiary/aromatic N) is 4. The molecule has 1 aromatic heterocycles. The third-order valence-corrected chi connectivity index (χ3v) is 3.49. The predicted octanol–water partition coefficient (Wildman–Crippen LogP) is 2.48. The standard InChI is InChI=1S/C15H12N4O3/c1-18-14-3-2-11(19(21)22)8-13(14)17-12(9-15(18)20)10-4-6-16-7-5-10/h2-8H,9H2,1H3. The van der Waals surface area contributed by atoms with E-state index in [1.165, 1.54) is 17.0 Å². The monoisotopic (exact) mass is 296 g/mol. The second-order valence-corrected chi connectivity index (χ2v) is 4.85. The maximum atomic E-state index is 12.3. The number of carbonyl (C=O) groups is 1. The van der Waals surface area contributed by atoms with Crippen molar-refractivity contribution in [3.8, 4) is 0 Å². The number of nitro groups is 1. The zero-order valence-corrected chi connectivity index (χ0v) is 11.8. The SMILES string of the molecule is CN1C(=O)CC(c2ccncc2)=Nc2cc([N+](=O)[O-])ccc21. The number of benzene rings is 1. The lowest BCUT2D eigenvalue weighted by Crippen LogP contribution is -2.27. The Labute approximate surface area is 126 Å². The first-order chi connectivity index (χ1) is 10.6. The Kier molecular flexibility index (Phi) is 3.38. The molecule has 0 radical (unpaired) electrons. The van der Waals surface area contributed by atoms with Crippen LogP contribution >= 0.6 is 0 Å². The minimum atomic E-state index is -0.478. The second-order valence-electron chi connectivity index (χ2n) is 4.85. The molecule has 1 amide bonds. The number of pyridine rings is 1. The molecule has 1 aromatic carbocycles. The Bertz CT molecular complexity index is 787. The Balaban J connectivity index is 2.17. The highest BCUT2D eigenvalue weighted by molar-refractivity contribution is 6.17. The minimum Gasteiger partial charge on any atom is -0.313 e. The molecule has 0 atom stereocenters. The number of anilines is 1. The lowest BCUT2D eigenvalue weighted by atomic mass is 10.1. The topological polar surface area (TPSA) is 88.7 Å². The summed E-state index contributed by atoms with van der Waals surface area (Å²) >= 11 is 0. The van der Waals surface area contributed by atoms with Gasteiger partial charge in [0, 0.05) is 31.6 Å². The van der Waals surface area contributed by atoms with E-state index in [-0.39, 0.29) is 18.0 Å². The normalized spacial score (nSPS) is 14.1. The number of aromatic nitrogens is 1. The first-order valence-electron chi connectivity index (χ1n) is 6.59. The fourth-order valence-corrected chi connectivity index (χ4v) is 2.29. The summed E-state index contributed by atoms with van der Waals surface area (Å²) in [6.07, 6.45) is 3.36. The molecule has 110 valence electrons. The second kappa shape index (κ2) is 5.36. The van der Waals surface area contributed by atoms with Gasteiger partial charge in [0.15, 0.2) is 0 Å². The van der Waals surface area contributed by atoms with Crippen LogP contribution in [0, 0.1) is 10.1 Å². The van der Waals surface area contributed by atoms with Gasteiger partial charge in [0.05, 0.1) is 28.4 Å².